The van der Waals surface area contributed by atoms with Crippen LogP contribution >= 0.6 is 23.2 Å². The average molecular weight is 342 g/mol. The lowest BCUT2D eigenvalue weighted by Gasteiger charge is -2.19. The molecule has 0 aliphatic carbocycles. The van der Waals surface area contributed by atoms with Crippen LogP contribution in [0.1, 0.15) is 37.3 Å². The molecule has 2 N–H and O–H groups in total. The lowest BCUT2D eigenvalue weighted by molar-refractivity contribution is 0.234. The summed E-state index contributed by atoms with van der Waals surface area (Å²) in [5, 5.41) is 14.5. The van der Waals surface area contributed by atoms with Gasteiger partial charge in [-0.2, -0.15) is 0 Å². The zero-order valence-electron chi connectivity index (χ0n) is 12.5. The number of nitrogens with one attached hydrogen (secondary N) is 2. The van der Waals surface area contributed by atoms with Crippen LogP contribution in [-0.2, 0) is 7.05 Å². The Balaban J connectivity index is 1.98. The lowest BCUT2D eigenvalue weighted by atomic mass is 10.1. The highest BCUT2D eigenvalue weighted by Crippen LogP contribution is 2.26. The first kappa shape index (κ1) is 16.6. The van der Waals surface area contributed by atoms with Crippen LogP contribution in [-0.4, -0.2) is 20.8 Å². The van der Waals surface area contributed by atoms with Crippen molar-refractivity contribution in [2.75, 3.05) is 0 Å². The first-order valence-corrected chi connectivity index (χ1v) is 7.50. The molecule has 2 rings (SSSR count). The first-order valence-electron chi connectivity index (χ1n) is 6.74. The molecule has 0 spiro atoms. The fourth-order valence-corrected chi connectivity index (χ4v) is 2.69. The van der Waals surface area contributed by atoms with E-state index in [0.717, 1.165) is 5.56 Å². The molecule has 118 valence electrons. The number of amides is 2. The molecule has 1 aromatic carbocycles. The van der Waals surface area contributed by atoms with E-state index in [1.54, 1.807) is 29.1 Å². The molecular formula is C14H17Cl2N5O. The number of hydrogen-bond donors (Lipinski definition) is 2. The number of carbonyl (C=O) groups is 1. The van der Waals surface area contributed by atoms with Crippen LogP contribution < -0.4 is 10.6 Å². The van der Waals surface area contributed by atoms with Gasteiger partial charge in [0.05, 0.1) is 12.1 Å². The van der Waals surface area contributed by atoms with Gasteiger partial charge in [0.25, 0.3) is 0 Å². The zero-order chi connectivity index (χ0) is 16.3. The largest absolute Gasteiger partial charge is 0.332 e. The van der Waals surface area contributed by atoms with Crippen molar-refractivity contribution in [2.24, 2.45) is 7.05 Å². The number of carbonyl (C=O) groups excluding carboxylic acids is 1. The van der Waals surface area contributed by atoms with Crippen molar-refractivity contribution >= 4 is 29.2 Å². The van der Waals surface area contributed by atoms with Gasteiger partial charge in [0.1, 0.15) is 6.33 Å². The van der Waals surface area contributed by atoms with Crippen LogP contribution in [0.3, 0.4) is 0 Å². The Morgan fingerprint density at radius 2 is 1.91 bits per heavy atom. The number of rotatable bonds is 4. The SMILES string of the molecule is C[C@@H](NC(=O)N[C@H](C)c1nncn1C)c1ccc(Cl)cc1Cl. The van der Waals surface area contributed by atoms with Gasteiger partial charge in [0.15, 0.2) is 5.82 Å². The van der Waals surface area contributed by atoms with Gasteiger partial charge in [-0.3, -0.25) is 0 Å². The minimum absolute atomic E-state index is 0.253. The summed E-state index contributed by atoms with van der Waals surface area (Å²) in [4.78, 5) is 12.1. The number of benzene rings is 1. The summed E-state index contributed by atoms with van der Waals surface area (Å²) in [5.41, 5.74) is 0.799. The molecule has 0 aliphatic rings. The molecule has 0 saturated carbocycles. The Morgan fingerprint density at radius 1 is 1.23 bits per heavy atom. The van der Waals surface area contributed by atoms with Gasteiger partial charge in [-0.15, -0.1) is 10.2 Å². The van der Waals surface area contributed by atoms with Crippen molar-refractivity contribution in [2.45, 2.75) is 25.9 Å². The van der Waals surface area contributed by atoms with Crippen LogP contribution in [0, 0.1) is 0 Å². The average Bonchev–Trinajstić information content (AvgIpc) is 2.84. The van der Waals surface area contributed by atoms with E-state index in [4.69, 9.17) is 23.2 Å². The Morgan fingerprint density at radius 3 is 2.50 bits per heavy atom. The van der Waals surface area contributed by atoms with Gasteiger partial charge >= 0.3 is 6.03 Å². The van der Waals surface area contributed by atoms with Crippen molar-refractivity contribution in [3.63, 3.8) is 0 Å². The van der Waals surface area contributed by atoms with Crippen LogP contribution in [0.15, 0.2) is 24.5 Å². The third-order valence-corrected chi connectivity index (χ3v) is 3.82. The number of halogens is 2. The normalized spacial score (nSPS) is 13.5. The Bertz CT molecular complexity index is 673. The minimum Gasteiger partial charge on any atom is -0.332 e. The maximum atomic E-state index is 12.1. The van der Waals surface area contributed by atoms with Crippen LogP contribution in [0.2, 0.25) is 10.0 Å². The van der Waals surface area contributed by atoms with E-state index in [-0.39, 0.29) is 18.1 Å². The highest BCUT2D eigenvalue weighted by Gasteiger charge is 2.17. The van der Waals surface area contributed by atoms with Crippen LogP contribution in [0.4, 0.5) is 4.79 Å². The zero-order valence-corrected chi connectivity index (χ0v) is 14.0. The Hall–Kier alpha value is -1.79. The van der Waals surface area contributed by atoms with Gasteiger partial charge in [0.2, 0.25) is 0 Å². The molecular weight excluding hydrogens is 325 g/mol. The molecule has 2 amide bonds. The summed E-state index contributed by atoms with van der Waals surface area (Å²) >= 11 is 12.0. The first-order chi connectivity index (χ1) is 10.4. The number of aryl methyl sites for hydroxylation is 1. The monoisotopic (exact) mass is 341 g/mol. The molecule has 2 atom stereocenters. The Kier molecular flexibility index (Phi) is 5.26. The third kappa shape index (κ3) is 3.90. The number of aromatic nitrogens is 3. The molecule has 0 fully saturated rings. The maximum Gasteiger partial charge on any atom is 0.315 e. The summed E-state index contributed by atoms with van der Waals surface area (Å²) in [7, 11) is 1.82. The summed E-state index contributed by atoms with van der Waals surface area (Å²) in [6, 6.07) is 4.35. The molecule has 1 aromatic heterocycles. The number of nitrogens with zero attached hydrogens (tertiary/aromatic N) is 3. The molecule has 0 unspecified atom stereocenters. The van der Waals surface area contributed by atoms with E-state index in [1.807, 2.05) is 20.9 Å². The second-order valence-corrected chi connectivity index (χ2v) is 5.87. The van der Waals surface area contributed by atoms with Crippen molar-refractivity contribution in [3.05, 3.63) is 46.0 Å². The van der Waals surface area contributed by atoms with E-state index in [2.05, 4.69) is 20.8 Å². The van der Waals surface area contributed by atoms with Gasteiger partial charge in [-0.25, -0.2) is 4.79 Å². The van der Waals surface area contributed by atoms with E-state index in [1.165, 1.54) is 0 Å². The number of hydrogen-bond acceptors (Lipinski definition) is 3. The summed E-state index contributed by atoms with van der Waals surface area (Å²) in [5.74, 6) is 0.673. The summed E-state index contributed by atoms with van der Waals surface area (Å²) in [6.45, 7) is 3.69. The fourth-order valence-electron chi connectivity index (χ4n) is 2.11. The summed E-state index contributed by atoms with van der Waals surface area (Å²) in [6.07, 6.45) is 1.58. The topological polar surface area (TPSA) is 71.8 Å². The molecule has 22 heavy (non-hydrogen) atoms. The smallest absolute Gasteiger partial charge is 0.315 e. The predicted molar refractivity (Wildman–Crippen MR) is 86.0 cm³/mol. The van der Waals surface area contributed by atoms with Crippen molar-refractivity contribution in [3.8, 4) is 0 Å². The predicted octanol–water partition coefficient (Wildman–Crippen LogP) is 3.24. The second kappa shape index (κ2) is 6.98. The second-order valence-electron chi connectivity index (χ2n) is 5.03. The van der Waals surface area contributed by atoms with Gasteiger partial charge in [-0.05, 0) is 31.5 Å². The molecule has 2 aromatic rings. The highest BCUT2D eigenvalue weighted by molar-refractivity contribution is 6.35. The van der Waals surface area contributed by atoms with Crippen LogP contribution in [0.5, 0.6) is 0 Å². The van der Waals surface area contributed by atoms with E-state index >= 15 is 0 Å². The summed E-state index contributed by atoms with van der Waals surface area (Å²) < 4.78 is 1.75. The van der Waals surface area contributed by atoms with Gasteiger partial charge in [0, 0.05) is 17.1 Å². The molecule has 1 heterocycles. The highest BCUT2D eigenvalue weighted by atomic mass is 35.5. The quantitative estimate of drug-likeness (QED) is 0.896. The number of urea groups is 1. The fraction of sp³-hybridized carbons (Fsp3) is 0.357. The van der Waals surface area contributed by atoms with Crippen LogP contribution in [0.25, 0.3) is 0 Å². The van der Waals surface area contributed by atoms with E-state index in [0.29, 0.717) is 15.9 Å². The standard InChI is InChI=1S/C14H17Cl2N5O/c1-8(11-5-4-10(15)6-12(11)16)18-14(22)19-9(2)13-20-17-7-21(13)3/h4-9H,1-3H3,(H2,18,19,22)/t8-,9-/m1/s1. The molecule has 8 heteroatoms. The third-order valence-electron chi connectivity index (χ3n) is 3.26. The van der Waals surface area contributed by atoms with Crippen molar-refractivity contribution in [1.82, 2.24) is 25.4 Å². The molecule has 6 nitrogen and oxygen atoms in total. The van der Waals surface area contributed by atoms with Crippen molar-refractivity contribution < 1.29 is 4.79 Å². The van der Waals surface area contributed by atoms with Gasteiger partial charge < -0.3 is 15.2 Å². The molecule has 0 radical (unpaired) electrons. The molecule has 0 aliphatic heterocycles. The Labute approximate surface area is 138 Å². The minimum atomic E-state index is -0.311. The van der Waals surface area contributed by atoms with Crippen molar-refractivity contribution in [1.29, 1.82) is 0 Å². The van der Waals surface area contributed by atoms with Gasteiger partial charge in [-0.1, -0.05) is 29.3 Å². The lowest BCUT2D eigenvalue weighted by Crippen LogP contribution is -2.39. The molecule has 0 bridgehead atoms. The van der Waals surface area contributed by atoms with E-state index < -0.39 is 0 Å². The molecule has 0 saturated heterocycles. The van der Waals surface area contributed by atoms with E-state index in [9.17, 15) is 4.79 Å². The maximum absolute atomic E-state index is 12.1.